The highest BCUT2D eigenvalue weighted by molar-refractivity contribution is 7.86. The van der Waals surface area contributed by atoms with E-state index in [4.69, 9.17) is 4.98 Å². The van der Waals surface area contributed by atoms with Crippen LogP contribution in [0.1, 0.15) is 0 Å². The van der Waals surface area contributed by atoms with Crippen molar-refractivity contribution in [3.63, 3.8) is 0 Å². The number of aromatic nitrogens is 1. The molecular formula is C59H44NO3P3. The summed E-state index contributed by atoms with van der Waals surface area (Å²) in [6.07, 6.45) is 0. The highest BCUT2D eigenvalue weighted by Crippen LogP contribution is 2.45. The van der Waals surface area contributed by atoms with Crippen molar-refractivity contribution in [2.24, 2.45) is 0 Å². The molecule has 66 heavy (non-hydrogen) atoms. The molecule has 0 N–H and O–H groups in total. The normalized spacial score (nSPS) is 11.8. The molecule has 0 bridgehead atoms. The molecule has 0 aliphatic carbocycles. The van der Waals surface area contributed by atoms with Crippen LogP contribution < -0.4 is 47.7 Å². The predicted octanol–water partition coefficient (Wildman–Crippen LogP) is 11.0. The number of hydrogen-bond acceptors (Lipinski definition) is 4. The van der Waals surface area contributed by atoms with Crippen molar-refractivity contribution in [1.82, 2.24) is 4.98 Å². The molecule has 1 aromatic heterocycles. The standard InChI is InChI=1S/C59H44NO3P3/c61-64(49-19-7-1-8-20-49,50-21-9-2-10-22-50)55-37-31-45(32-38-55)48-43-58(46-33-39-56(40-34-46)65(62,51-23-11-3-12-24-51)52-25-13-4-14-26-52)60-59(44-48)47-35-41-57(42-36-47)66(63,53-27-15-5-16-28-53)54-29-17-6-18-30-54/h1-44H. The van der Waals surface area contributed by atoms with E-state index in [1.807, 2.05) is 255 Å². The Balaban J connectivity index is 1.09. The molecule has 0 amide bonds. The smallest absolute Gasteiger partial charge is 0.171 e. The zero-order valence-electron chi connectivity index (χ0n) is 35.9. The zero-order chi connectivity index (χ0) is 45.0. The quantitative estimate of drug-likeness (QED) is 0.115. The summed E-state index contributed by atoms with van der Waals surface area (Å²) in [6.45, 7) is 0. The van der Waals surface area contributed by atoms with Crippen molar-refractivity contribution in [1.29, 1.82) is 0 Å². The summed E-state index contributed by atoms with van der Waals surface area (Å²) in [5.41, 5.74) is 5.03. The summed E-state index contributed by atoms with van der Waals surface area (Å²) in [6, 6.07) is 86.1. The molecule has 0 radical (unpaired) electrons. The Hall–Kier alpha value is -7.18. The van der Waals surface area contributed by atoms with Crippen LogP contribution in [0.2, 0.25) is 0 Å². The van der Waals surface area contributed by atoms with E-state index in [-0.39, 0.29) is 0 Å². The lowest BCUT2D eigenvalue weighted by Gasteiger charge is -2.21. The van der Waals surface area contributed by atoms with Gasteiger partial charge in [-0.05, 0) is 23.3 Å². The molecule has 0 aliphatic heterocycles. The Bertz CT molecular complexity index is 2880. The molecule has 0 atom stereocenters. The van der Waals surface area contributed by atoms with Gasteiger partial charge in [0, 0.05) is 58.9 Å². The van der Waals surface area contributed by atoms with Crippen molar-refractivity contribution in [2.45, 2.75) is 0 Å². The van der Waals surface area contributed by atoms with Crippen molar-refractivity contribution >= 4 is 69.2 Å². The molecule has 9 aromatic carbocycles. The van der Waals surface area contributed by atoms with Crippen LogP contribution in [-0.4, -0.2) is 4.98 Å². The van der Waals surface area contributed by atoms with Gasteiger partial charge in [-0.15, -0.1) is 0 Å². The van der Waals surface area contributed by atoms with Crippen molar-refractivity contribution < 1.29 is 13.7 Å². The van der Waals surface area contributed by atoms with Crippen LogP contribution in [0.4, 0.5) is 0 Å². The molecule has 0 saturated heterocycles. The molecule has 10 aromatic rings. The molecule has 0 aliphatic rings. The van der Waals surface area contributed by atoms with Gasteiger partial charge in [0.2, 0.25) is 0 Å². The molecule has 0 unspecified atom stereocenters. The molecule has 4 nitrogen and oxygen atoms in total. The predicted molar refractivity (Wildman–Crippen MR) is 279 cm³/mol. The minimum atomic E-state index is -3.20. The maximum absolute atomic E-state index is 15.3. The second kappa shape index (κ2) is 18.4. The van der Waals surface area contributed by atoms with Gasteiger partial charge in [0.1, 0.15) is 0 Å². The summed E-state index contributed by atoms with van der Waals surface area (Å²) < 4.78 is 45.7. The number of benzene rings is 9. The minimum Gasteiger partial charge on any atom is -0.309 e. The van der Waals surface area contributed by atoms with Gasteiger partial charge in [0.15, 0.2) is 21.4 Å². The summed E-state index contributed by atoms with van der Waals surface area (Å²) >= 11 is 0. The van der Waals surface area contributed by atoms with E-state index in [2.05, 4.69) is 12.1 Å². The van der Waals surface area contributed by atoms with Gasteiger partial charge < -0.3 is 13.7 Å². The Morgan fingerprint density at radius 1 is 0.212 bits per heavy atom. The lowest BCUT2D eigenvalue weighted by molar-refractivity contribution is 0.591. The summed E-state index contributed by atoms with van der Waals surface area (Å²) in [5.74, 6) is 0. The first kappa shape index (κ1) is 42.8. The number of nitrogens with zero attached hydrogens (tertiary/aromatic N) is 1. The third-order valence-corrected chi connectivity index (χ3v) is 21.4. The van der Waals surface area contributed by atoms with Crippen LogP contribution in [0.15, 0.2) is 267 Å². The summed E-state index contributed by atoms with van der Waals surface area (Å²) in [7, 11) is -9.58. The van der Waals surface area contributed by atoms with Crippen molar-refractivity contribution in [2.75, 3.05) is 0 Å². The van der Waals surface area contributed by atoms with E-state index in [0.717, 1.165) is 81.4 Å². The number of pyridine rings is 1. The van der Waals surface area contributed by atoms with Gasteiger partial charge in [0.25, 0.3) is 0 Å². The third kappa shape index (κ3) is 7.99. The first-order valence-corrected chi connectivity index (χ1v) is 27.0. The van der Waals surface area contributed by atoms with E-state index in [1.54, 1.807) is 0 Å². The Morgan fingerprint density at radius 3 is 0.636 bits per heavy atom. The van der Waals surface area contributed by atoms with Gasteiger partial charge in [-0.2, -0.15) is 0 Å². The third-order valence-electron chi connectivity index (χ3n) is 12.2. The number of rotatable bonds is 12. The fraction of sp³-hybridized carbons (Fsp3) is 0. The van der Waals surface area contributed by atoms with E-state index < -0.39 is 21.4 Å². The Kier molecular flexibility index (Phi) is 11.9. The van der Waals surface area contributed by atoms with Gasteiger partial charge in [-0.25, -0.2) is 4.98 Å². The van der Waals surface area contributed by atoms with Gasteiger partial charge in [-0.1, -0.05) is 255 Å². The summed E-state index contributed by atoms with van der Waals surface area (Å²) in [4.78, 5) is 5.27. The molecule has 7 heteroatoms. The SMILES string of the molecule is O=P(c1ccccc1)(c1ccccc1)c1ccc(-c2cc(-c3ccc(P(=O)(c4ccccc4)c4ccccc4)cc3)nc(-c3ccc(P(=O)(c4ccccc4)c4ccccc4)cc3)c2)cc1. The van der Waals surface area contributed by atoms with E-state index in [9.17, 15) is 0 Å². The zero-order valence-corrected chi connectivity index (χ0v) is 38.6. The van der Waals surface area contributed by atoms with Gasteiger partial charge in [0.05, 0.1) is 11.4 Å². The minimum absolute atomic E-state index is 0.730. The average Bonchev–Trinajstić information content (AvgIpc) is 3.41. The highest BCUT2D eigenvalue weighted by atomic mass is 31.2. The average molecular weight is 908 g/mol. The van der Waals surface area contributed by atoms with E-state index in [1.165, 1.54) is 0 Å². The molecule has 0 fully saturated rings. The van der Waals surface area contributed by atoms with Gasteiger partial charge >= 0.3 is 0 Å². The molecule has 318 valence electrons. The highest BCUT2D eigenvalue weighted by Gasteiger charge is 2.32. The second-order valence-corrected chi connectivity index (χ2v) is 24.4. The largest absolute Gasteiger partial charge is 0.309 e. The Labute approximate surface area is 386 Å². The number of hydrogen-bond donors (Lipinski definition) is 0. The lowest BCUT2D eigenvalue weighted by atomic mass is 10.00. The van der Waals surface area contributed by atoms with Crippen molar-refractivity contribution in [3.05, 3.63) is 267 Å². The van der Waals surface area contributed by atoms with Gasteiger partial charge in [-0.3, -0.25) is 0 Å². The molecule has 0 spiro atoms. The summed E-state index contributed by atoms with van der Waals surface area (Å²) in [5, 5.41) is 6.83. The molecule has 0 saturated carbocycles. The van der Waals surface area contributed by atoms with Crippen molar-refractivity contribution in [3.8, 4) is 33.6 Å². The molecular weight excluding hydrogens is 864 g/mol. The van der Waals surface area contributed by atoms with Crippen LogP contribution in [0.5, 0.6) is 0 Å². The van der Waals surface area contributed by atoms with E-state index in [0.29, 0.717) is 0 Å². The first-order chi connectivity index (χ1) is 32.3. The topological polar surface area (TPSA) is 64.1 Å². The van der Waals surface area contributed by atoms with Crippen LogP contribution in [-0.2, 0) is 13.7 Å². The van der Waals surface area contributed by atoms with Crippen LogP contribution in [0, 0.1) is 0 Å². The fourth-order valence-electron chi connectivity index (χ4n) is 8.71. The van der Waals surface area contributed by atoms with Crippen LogP contribution >= 0.6 is 21.4 Å². The van der Waals surface area contributed by atoms with E-state index >= 15 is 13.7 Å². The molecule has 10 rings (SSSR count). The van der Waals surface area contributed by atoms with Crippen LogP contribution in [0.25, 0.3) is 33.6 Å². The lowest BCUT2D eigenvalue weighted by Crippen LogP contribution is -2.24. The second-order valence-electron chi connectivity index (χ2n) is 16.1. The molecule has 1 heterocycles. The monoisotopic (exact) mass is 907 g/mol. The van der Waals surface area contributed by atoms with Crippen LogP contribution in [0.3, 0.4) is 0 Å². The Morgan fingerprint density at radius 2 is 0.409 bits per heavy atom. The maximum atomic E-state index is 15.3. The fourth-order valence-corrected chi connectivity index (χ4v) is 16.7. The maximum Gasteiger partial charge on any atom is 0.171 e. The first-order valence-electron chi connectivity index (χ1n) is 21.8.